The maximum absolute atomic E-state index is 9.57. The number of fused-ring (bicyclic) bond motifs is 1. The number of anilines is 1. The van der Waals surface area contributed by atoms with Crippen molar-refractivity contribution in [2.45, 2.75) is 32.4 Å². The minimum atomic E-state index is -0.482. The Morgan fingerprint density at radius 3 is 2.84 bits per heavy atom. The number of aliphatic hydroxyl groups excluding tert-OH is 1. The van der Waals surface area contributed by atoms with Gasteiger partial charge in [-0.15, -0.1) is 11.3 Å². The van der Waals surface area contributed by atoms with Crippen LogP contribution >= 0.6 is 11.3 Å². The van der Waals surface area contributed by atoms with Crippen molar-refractivity contribution in [1.29, 1.82) is 0 Å². The molecule has 0 aliphatic carbocycles. The van der Waals surface area contributed by atoms with Gasteiger partial charge in [-0.1, -0.05) is 24.3 Å². The van der Waals surface area contributed by atoms with E-state index in [0.717, 1.165) is 36.8 Å². The number of thiazole rings is 1. The third kappa shape index (κ3) is 2.65. The van der Waals surface area contributed by atoms with Crippen molar-refractivity contribution in [2.24, 2.45) is 0 Å². The highest BCUT2D eigenvalue weighted by atomic mass is 32.1. The monoisotopic (exact) mass is 274 g/mol. The fourth-order valence-corrected chi connectivity index (χ4v) is 3.42. The predicted molar refractivity (Wildman–Crippen MR) is 78.6 cm³/mol. The number of hydrogen-bond acceptors (Lipinski definition) is 4. The topological polar surface area (TPSA) is 36.4 Å². The van der Waals surface area contributed by atoms with E-state index in [2.05, 4.69) is 34.1 Å². The molecule has 100 valence electrons. The Bertz CT molecular complexity index is 565. The molecule has 1 atom stereocenters. The van der Waals surface area contributed by atoms with E-state index in [1.807, 2.05) is 5.38 Å². The molecule has 2 heterocycles. The minimum absolute atomic E-state index is 0.482. The summed E-state index contributed by atoms with van der Waals surface area (Å²) in [5.41, 5.74) is 3.63. The van der Waals surface area contributed by atoms with Crippen molar-refractivity contribution >= 4 is 16.5 Å². The van der Waals surface area contributed by atoms with Gasteiger partial charge in [0.05, 0.1) is 11.8 Å². The van der Waals surface area contributed by atoms with Crippen molar-refractivity contribution in [1.82, 2.24) is 4.98 Å². The molecule has 0 saturated carbocycles. The van der Waals surface area contributed by atoms with Gasteiger partial charge >= 0.3 is 0 Å². The Balaban J connectivity index is 1.85. The summed E-state index contributed by atoms with van der Waals surface area (Å²) >= 11 is 1.62. The van der Waals surface area contributed by atoms with Gasteiger partial charge in [-0.25, -0.2) is 4.98 Å². The third-order valence-electron chi connectivity index (χ3n) is 3.56. The average molecular weight is 274 g/mol. The van der Waals surface area contributed by atoms with Crippen molar-refractivity contribution in [2.75, 3.05) is 11.4 Å². The molecule has 1 aromatic carbocycles. The van der Waals surface area contributed by atoms with E-state index in [1.54, 1.807) is 18.3 Å². The second-order valence-electron chi connectivity index (χ2n) is 5.02. The van der Waals surface area contributed by atoms with Gasteiger partial charge in [-0.3, -0.25) is 0 Å². The number of benzene rings is 1. The Hall–Kier alpha value is -1.39. The van der Waals surface area contributed by atoms with Gasteiger partial charge in [0.2, 0.25) is 0 Å². The Morgan fingerprint density at radius 1 is 1.32 bits per heavy atom. The van der Waals surface area contributed by atoms with Crippen LogP contribution in [0.2, 0.25) is 0 Å². The fourth-order valence-electron chi connectivity index (χ4n) is 2.48. The standard InChI is InChI=1S/C15H18N2OS/c1-11(18)14-10-19-15(16-14)17-8-4-7-12-5-2-3-6-13(12)9-17/h2-3,5-6,10-11,18H,4,7-9H2,1H3. The lowest BCUT2D eigenvalue weighted by Crippen LogP contribution is -2.22. The van der Waals surface area contributed by atoms with Crippen molar-refractivity contribution in [3.63, 3.8) is 0 Å². The van der Waals surface area contributed by atoms with Gasteiger partial charge in [0.15, 0.2) is 5.13 Å². The van der Waals surface area contributed by atoms with Crippen LogP contribution in [0.5, 0.6) is 0 Å². The van der Waals surface area contributed by atoms with Crippen LogP contribution in [0.15, 0.2) is 29.6 Å². The lowest BCUT2D eigenvalue weighted by molar-refractivity contribution is 0.195. The summed E-state index contributed by atoms with van der Waals surface area (Å²) in [6.45, 7) is 3.71. The van der Waals surface area contributed by atoms with Gasteiger partial charge < -0.3 is 10.0 Å². The van der Waals surface area contributed by atoms with E-state index < -0.39 is 6.10 Å². The van der Waals surface area contributed by atoms with Gasteiger partial charge in [-0.05, 0) is 30.9 Å². The first-order valence-electron chi connectivity index (χ1n) is 6.69. The number of aliphatic hydroxyl groups is 1. The first kappa shape index (κ1) is 12.6. The van der Waals surface area contributed by atoms with E-state index in [0.29, 0.717) is 0 Å². The largest absolute Gasteiger partial charge is 0.387 e. The zero-order chi connectivity index (χ0) is 13.2. The van der Waals surface area contributed by atoms with Crippen LogP contribution in [0.1, 0.15) is 36.3 Å². The molecule has 3 rings (SSSR count). The van der Waals surface area contributed by atoms with E-state index >= 15 is 0 Å². The maximum Gasteiger partial charge on any atom is 0.185 e. The van der Waals surface area contributed by atoms with Crippen molar-refractivity contribution in [3.8, 4) is 0 Å². The summed E-state index contributed by atoms with van der Waals surface area (Å²) in [4.78, 5) is 6.86. The van der Waals surface area contributed by atoms with Crippen LogP contribution in [-0.2, 0) is 13.0 Å². The Labute approximate surface area is 117 Å². The molecule has 2 aromatic rings. The SMILES string of the molecule is CC(O)c1csc(N2CCCc3ccccc3C2)n1. The highest BCUT2D eigenvalue weighted by Gasteiger charge is 2.17. The van der Waals surface area contributed by atoms with Crippen LogP contribution in [0, 0.1) is 0 Å². The summed E-state index contributed by atoms with van der Waals surface area (Å²) < 4.78 is 0. The summed E-state index contributed by atoms with van der Waals surface area (Å²) in [7, 11) is 0. The molecule has 1 aliphatic heterocycles. The van der Waals surface area contributed by atoms with Crippen LogP contribution in [0.3, 0.4) is 0 Å². The predicted octanol–water partition coefficient (Wildman–Crippen LogP) is 3.15. The van der Waals surface area contributed by atoms with Gasteiger partial charge in [0.1, 0.15) is 0 Å². The summed E-state index contributed by atoms with van der Waals surface area (Å²) in [5, 5.41) is 12.6. The molecule has 0 radical (unpaired) electrons. The number of nitrogens with zero attached hydrogens (tertiary/aromatic N) is 2. The molecule has 1 N–H and O–H groups in total. The number of aryl methyl sites for hydroxylation is 1. The van der Waals surface area contributed by atoms with Crippen LogP contribution in [0.4, 0.5) is 5.13 Å². The minimum Gasteiger partial charge on any atom is -0.387 e. The first-order valence-corrected chi connectivity index (χ1v) is 7.57. The molecular formula is C15H18N2OS. The fraction of sp³-hybridized carbons (Fsp3) is 0.400. The van der Waals surface area contributed by atoms with E-state index in [1.165, 1.54) is 11.1 Å². The third-order valence-corrected chi connectivity index (χ3v) is 4.48. The summed E-state index contributed by atoms with van der Waals surface area (Å²) in [6.07, 6.45) is 1.81. The molecular weight excluding hydrogens is 256 g/mol. The molecule has 0 bridgehead atoms. The van der Waals surface area contributed by atoms with E-state index in [9.17, 15) is 5.11 Å². The molecule has 1 aliphatic rings. The normalized spacial score (nSPS) is 16.8. The number of hydrogen-bond donors (Lipinski definition) is 1. The van der Waals surface area contributed by atoms with Gasteiger partial charge in [0, 0.05) is 18.5 Å². The lowest BCUT2D eigenvalue weighted by Gasteiger charge is -2.19. The van der Waals surface area contributed by atoms with E-state index in [4.69, 9.17) is 0 Å². The first-order chi connectivity index (χ1) is 9.24. The molecule has 0 spiro atoms. The van der Waals surface area contributed by atoms with E-state index in [-0.39, 0.29) is 0 Å². The zero-order valence-corrected chi connectivity index (χ0v) is 11.9. The zero-order valence-electron chi connectivity index (χ0n) is 11.0. The van der Waals surface area contributed by atoms with Gasteiger partial charge in [0.25, 0.3) is 0 Å². The highest BCUT2D eigenvalue weighted by Crippen LogP contribution is 2.28. The Kier molecular flexibility index (Phi) is 3.53. The lowest BCUT2D eigenvalue weighted by atomic mass is 10.0. The molecule has 1 unspecified atom stereocenters. The molecule has 4 heteroatoms. The summed E-state index contributed by atoms with van der Waals surface area (Å²) in [6, 6.07) is 8.65. The molecule has 19 heavy (non-hydrogen) atoms. The molecule has 0 saturated heterocycles. The Morgan fingerprint density at radius 2 is 2.11 bits per heavy atom. The van der Waals surface area contributed by atoms with Crippen LogP contribution < -0.4 is 4.90 Å². The highest BCUT2D eigenvalue weighted by molar-refractivity contribution is 7.13. The van der Waals surface area contributed by atoms with Crippen LogP contribution in [-0.4, -0.2) is 16.6 Å². The average Bonchev–Trinajstić information content (AvgIpc) is 2.80. The smallest absolute Gasteiger partial charge is 0.185 e. The maximum atomic E-state index is 9.57. The molecule has 0 fully saturated rings. The van der Waals surface area contributed by atoms with Gasteiger partial charge in [-0.2, -0.15) is 0 Å². The second-order valence-corrected chi connectivity index (χ2v) is 5.86. The second kappa shape index (κ2) is 5.31. The molecule has 0 amide bonds. The van der Waals surface area contributed by atoms with Crippen molar-refractivity contribution < 1.29 is 5.11 Å². The molecule has 3 nitrogen and oxygen atoms in total. The van der Waals surface area contributed by atoms with Crippen molar-refractivity contribution in [3.05, 3.63) is 46.5 Å². The quantitative estimate of drug-likeness (QED) is 0.914. The number of rotatable bonds is 2. The van der Waals surface area contributed by atoms with Crippen LogP contribution in [0.25, 0.3) is 0 Å². The number of aromatic nitrogens is 1. The molecule has 1 aromatic heterocycles. The summed E-state index contributed by atoms with van der Waals surface area (Å²) in [5.74, 6) is 0.